The molecule has 2 unspecified atom stereocenters. The first-order valence-corrected chi connectivity index (χ1v) is 5.74. The number of benzene rings is 1. The highest BCUT2D eigenvalue weighted by atomic mass is 16.5. The van der Waals surface area contributed by atoms with Gasteiger partial charge in [-0.25, -0.2) is 0 Å². The lowest BCUT2D eigenvalue weighted by molar-refractivity contribution is 0.187. The summed E-state index contributed by atoms with van der Waals surface area (Å²) in [5, 5.41) is 0. The van der Waals surface area contributed by atoms with Crippen molar-refractivity contribution in [2.24, 2.45) is 5.73 Å². The van der Waals surface area contributed by atoms with Crippen molar-refractivity contribution in [1.82, 2.24) is 0 Å². The standard InChI is InChI=1S/C13H22N2O/c1-5-13(14)10(2)16-12-8-6-7-11(9-12)15(3)4/h6-10,13H,5,14H2,1-4H3. The normalized spacial score (nSPS) is 14.3. The van der Waals surface area contributed by atoms with Crippen molar-refractivity contribution in [3.05, 3.63) is 24.3 Å². The van der Waals surface area contributed by atoms with Gasteiger partial charge in [0.05, 0.1) is 0 Å². The van der Waals surface area contributed by atoms with Crippen LogP contribution in [0.2, 0.25) is 0 Å². The largest absolute Gasteiger partial charge is 0.489 e. The molecule has 1 aromatic carbocycles. The lowest BCUT2D eigenvalue weighted by atomic mass is 10.1. The maximum absolute atomic E-state index is 5.93. The van der Waals surface area contributed by atoms with E-state index in [-0.39, 0.29) is 12.1 Å². The van der Waals surface area contributed by atoms with Gasteiger partial charge in [-0.3, -0.25) is 0 Å². The van der Waals surface area contributed by atoms with E-state index in [1.165, 1.54) is 0 Å². The summed E-state index contributed by atoms with van der Waals surface area (Å²) in [5.41, 5.74) is 7.06. The minimum Gasteiger partial charge on any atom is -0.489 e. The fourth-order valence-electron chi connectivity index (χ4n) is 1.47. The molecule has 0 saturated carbocycles. The Hall–Kier alpha value is -1.22. The van der Waals surface area contributed by atoms with Crippen molar-refractivity contribution in [2.75, 3.05) is 19.0 Å². The molecule has 3 nitrogen and oxygen atoms in total. The van der Waals surface area contributed by atoms with E-state index in [1.54, 1.807) is 0 Å². The first kappa shape index (κ1) is 12.8. The topological polar surface area (TPSA) is 38.5 Å². The van der Waals surface area contributed by atoms with Gasteiger partial charge >= 0.3 is 0 Å². The van der Waals surface area contributed by atoms with Crippen molar-refractivity contribution in [3.63, 3.8) is 0 Å². The Labute approximate surface area is 98.2 Å². The Morgan fingerprint density at radius 2 is 2.06 bits per heavy atom. The molecule has 1 aromatic rings. The van der Waals surface area contributed by atoms with Crippen LogP contribution < -0.4 is 15.4 Å². The van der Waals surface area contributed by atoms with Crippen molar-refractivity contribution in [1.29, 1.82) is 0 Å². The van der Waals surface area contributed by atoms with Crippen LogP contribution in [0.1, 0.15) is 20.3 Å². The van der Waals surface area contributed by atoms with E-state index in [4.69, 9.17) is 10.5 Å². The minimum atomic E-state index is 0.0439. The maximum Gasteiger partial charge on any atom is 0.121 e. The Morgan fingerprint density at radius 3 is 2.62 bits per heavy atom. The smallest absolute Gasteiger partial charge is 0.121 e. The Morgan fingerprint density at radius 1 is 1.38 bits per heavy atom. The number of hydrogen-bond acceptors (Lipinski definition) is 3. The van der Waals surface area contributed by atoms with Crippen molar-refractivity contribution >= 4 is 5.69 Å². The molecule has 0 spiro atoms. The van der Waals surface area contributed by atoms with Crippen LogP contribution >= 0.6 is 0 Å². The Balaban J connectivity index is 2.70. The van der Waals surface area contributed by atoms with E-state index >= 15 is 0 Å². The molecular formula is C13H22N2O. The van der Waals surface area contributed by atoms with Gasteiger partial charge in [0.2, 0.25) is 0 Å². The average molecular weight is 222 g/mol. The van der Waals surface area contributed by atoms with Crippen LogP contribution in [0.4, 0.5) is 5.69 Å². The van der Waals surface area contributed by atoms with Gasteiger partial charge in [0, 0.05) is 31.9 Å². The van der Waals surface area contributed by atoms with Gasteiger partial charge in [-0.2, -0.15) is 0 Å². The summed E-state index contributed by atoms with van der Waals surface area (Å²) < 4.78 is 5.81. The van der Waals surface area contributed by atoms with E-state index in [2.05, 4.69) is 17.9 Å². The van der Waals surface area contributed by atoms with Gasteiger partial charge in [0.1, 0.15) is 11.9 Å². The summed E-state index contributed by atoms with van der Waals surface area (Å²) in [7, 11) is 4.03. The molecule has 0 radical (unpaired) electrons. The number of ether oxygens (including phenoxy) is 1. The average Bonchev–Trinajstić information content (AvgIpc) is 2.28. The molecule has 2 atom stereocenters. The molecule has 16 heavy (non-hydrogen) atoms. The van der Waals surface area contributed by atoms with Crippen molar-refractivity contribution in [2.45, 2.75) is 32.4 Å². The second kappa shape index (κ2) is 5.75. The van der Waals surface area contributed by atoms with Gasteiger partial charge in [0.15, 0.2) is 0 Å². The van der Waals surface area contributed by atoms with Crippen LogP contribution in [0.3, 0.4) is 0 Å². The predicted octanol–water partition coefficient (Wildman–Crippen LogP) is 2.26. The van der Waals surface area contributed by atoms with Crippen LogP contribution in [-0.2, 0) is 0 Å². The first-order chi connectivity index (χ1) is 7.54. The number of rotatable bonds is 5. The van der Waals surface area contributed by atoms with Crippen molar-refractivity contribution < 1.29 is 4.74 Å². The highest BCUT2D eigenvalue weighted by molar-refractivity contribution is 5.49. The highest BCUT2D eigenvalue weighted by Gasteiger charge is 2.12. The van der Waals surface area contributed by atoms with E-state index in [9.17, 15) is 0 Å². The molecule has 0 aliphatic carbocycles. The third-order valence-corrected chi connectivity index (χ3v) is 2.73. The number of hydrogen-bond donors (Lipinski definition) is 1. The third-order valence-electron chi connectivity index (χ3n) is 2.73. The molecule has 1 rings (SSSR count). The molecule has 0 aliphatic heterocycles. The summed E-state index contributed by atoms with van der Waals surface area (Å²) in [5.74, 6) is 0.877. The summed E-state index contributed by atoms with van der Waals surface area (Å²) in [4.78, 5) is 2.05. The SMILES string of the molecule is CCC(N)C(C)Oc1cccc(N(C)C)c1. The van der Waals surface area contributed by atoms with Gasteiger partial charge in [0.25, 0.3) is 0 Å². The number of anilines is 1. The Kier molecular flexibility index (Phi) is 4.62. The third kappa shape index (κ3) is 3.42. The Bertz CT molecular complexity index is 325. The maximum atomic E-state index is 5.93. The molecule has 3 heteroatoms. The van der Waals surface area contributed by atoms with Crippen LogP contribution in [-0.4, -0.2) is 26.2 Å². The van der Waals surface area contributed by atoms with Gasteiger partial charge < -0.3 is 15.4 Å². The summed E-state index contributed by atoms with van der Waals surface area (Å²) in [6.07, 6.45) is 0.969. The van der Waals surface area contributed by atoms with Crippen molar-refractivity contribution in [3.8, 4) is 5.75 Å². The van der Waals surface area contributed by atoms with E-state index in [0.717, 1.165) is 17.9 Å². The quantitative estimate of drug-likeness (QED) is 0.830. The lowest BCUT2D eigenvalue weighted by Gasteiger charge is -2.21. The van der Waals surface area contributed by atoms with Crippen LogP contribution in [0.5, 0.6) is 5.75 Å². The van der Waals surface area contributed by atoms with Gasteiger partial charge in [-0.15, -0.1) is 0 Å². The molecule has 0 aromatic heterocycles. The molecule has 90 valence electrons. The second-order valence-electron chi connectivity index (χ2n) is 4.29. The van der Waals surface area contributed by atoms with Crippen LogP contribution in [0.25, 0.3) is 0 Å². The van der Waals surface area contributed by atoms with Crippen LogP contribution in [0, 0.1) is 0 Å². The molecule has 0 amide bonds. The van der Waals surface area contributed by atoms with E-state index in [1.807, 2.05) is 39.2 Å². The fraction of sp³-hybridized carbons (Fsp3) is 0.538. The lowest BCUT2D eigenvalue weighted by Crippen LogP contribution is -2.35. The molecular weight excluding hydrogens is 200 g/mol. The molecule has 0 saturated heterocycles. The fourth-order valence-corrected chi connectivity index (χ4v) is 1.47. The molecule has 2 N–H and O–H groups in total. The molecule has 0 bridgehead atoms. The summed E-state index contributed by atoms with van der Waals surface area (Å²) >= 11 is 0. The second-order valence-corrected chi connectivity index (χ2v) is 4.29. The summed E-state index contributed by atoms with van der Waals surface area (Å²) in [6, 6.07) is 8.12. The summed E-state index contributed by atoms with van der Waals surface area (Å²) in [6.45, 7) is 4.08. The minimum absolute atomic E-state index is 0.0439. The molecule has 0 heterocycles. The zero-order valence-electron chi connectivity index (χ0n) is 10.6. The van der Waals surface area contributed by atoms with E-state index in [0.29, 0.717) is 0 Å². The van der Waals surface area contributed by atoms with Gasteiger partial charge in [-0.05, 0) is 25.5 Å². The molecule has 0 fully saturated rings. The zero-order chi connectivity index (χ0) is 12.1. The monoisotopic (exact) mass is 222 g/mol. The van der Waals surface area contributed by atoms with E-state index < -0.39 is 0 Å². The molecule has 0 aliphatic rings. The zero-order valence-corrected chi connectivity index (χ0v) is 10.6. The predicted molar refractivity (Wildman–Crippen MR) is 69.1 cm³/mol. The highest BCUT2D eigenvalue weighted by Crippen LogP contribution is 2.20. The first-order valence-electron chi connectivity index (χ1n) is 5.74. The van der Waals surface area contributed by atoms with Crippen LogP contribution in [0.15, 0.2) is 24.3 Å². The number of nitrogens with zero attached hydrogens (tertiary/aromatic N) is 1. The van der Waals surface area contributed by atoms with Gasteiger partial charge in [-0.1, -0.05) is 13.0 Å². The number of nitrogens with two attached hydrogens (primary N) is 1.